The number of carbonyl (C=O) groups is 1. The molecule has 3 N–H and O–H groups in total. The van der Waals surface area contributed by atoms with E-state index in [9.17, 15) is 4.79 Å². The standard InChI is InChI=1S/C9H9ClN2O/c10-7-1-3-8(4-2-7)12-6-5-9(11)13/h1-6,12H,(H2,11,13)/b6-5-. The van der Waals surface area contributed by atoms with Gasteiger partial charge in [-0.2, -0.15) is 0 Å². The highest BCUT2D eigenvalue weighted by Gasteiger charge is 1.88. The minimum Gasteiger partial charge on any atom is -0.366 e. The summed E-state index contributed by atoms with van der Waals surface area (Å²) >= 11 is 5.68. The molecule has 0 saturated carbocycles. The lowest BCUT2D eigenvalue weighted by atomic mass is 10.3. The molecule has 0 radical (unpaired) electrons. The first kappa shape index (κ1) is 9.61. The van der Waals surface area contributed by atoms with Crippen molar-refractivity contribution >= 4 is 23.2 Å². The number of amides is 1. The van der Waals surface area contributed by atoms with E-state index in [1.165, 1.54) is 12.3 Å². The molecule has 0 saturated heterocycles. The fourth-order valence-electron chi connectivity index (χ4n) is 0.766. The molecule has 1 rings (SSSR count). The summed E-state index contributed by atoms with van der Waals surface area (Å²) < 4.78 is 0. The molecule has 68 valence electrons. The number of rotatable bonds is 3. The van der Waals surface area contributed by atoms with Crippen LogP contribution in [0, 0.1) is 0 Å². The van der Waals surface area contributed by atoms with Crippen LogP contribution in [0.3, 0.4) is 0 Å². The first-order chi connectivity index (χ1) is 6.18. The topological polar surface area (TPSA) is 55.1 Å². The van der Waals surface area contributed by atoms with E-state index in [-0.39, 0.29) is 0 Å². The molecule has 0 atom stereocenters. The van der Waals surface area contributed by atoms with Gasteiger partial charge in [-0.15, -0.1) is 0 Å². The lowest BCUT2D eigenvalue weighted by molar-refractivity contribution is -0.113. The number of benzene rings is 1. The molecule has 0 unspecified atom stereocenters. The van der Waals surface area contributed by atoms with Crippen LogP contribution in [0.15, 0.2) is 36.5 Å². The summed E-state index contributed by atoms with van der Waals surface area (Å²) in [5, 5.41) is 3.53. The smallest absolute Gasteiger partial charge is 0.242 e. The predicted molar refractivity (Wildman–Crippen MR) is 53.4 cm³/mol. The van der Waals surface area contributed by atoms with E-state index in [1.54, 1.807) is 24.3 Å². The van der Waals surface area contributed by atoms with Crippen LogP contribution in [-0.2, 0) is 4.79 Å². The van der Waals surface area contributed by atoms with Crippen LogP contribution in [0.2, 0.25) is 5.02 Å². The third-order valence-corrected chi connectivity index (χ3v) is 1.59. The molecule has 0 fully saturated rings. The Morgan fingerprint density at radius 2 is 2.00 bits per heavy atom. The number of carbonyl (C=O) groups excluding carboxylic acids is 1. The van der Waals surface area contributed by atoms with Gasteiger partial charge in [-0.05, 0) is 24.3 Å². The van der Waals surface area contributed by atoms with Crippen molar-refractivity contribution in [1.82, 2.24) is 0 Å². The van der Waals surface area contributed by atoms with Crippen molar-refractivity contribution in [3.05, 3.63) is 41.6 Å². The highest BCUT2D eigenvalue weighted by Crippen LogP contribution is 2.12. The van der Waals surface area contributed by atoms with Crippen LogP contribution < -0.4 is 11.1 Å². The van der Waals surface area contributed by atoms with Gasteiger partial charge in [0, 0.05) is 23.0 Å². The van der Waals surface area contributed by atoms with E-state index in [0.717, 1.165) is 5.69 Å². The van der Waals surface area contributed by atoms with Crippen LogP contribution >= 0.6 is 11.6 Å². The largest absolute Gasteiger partial charge is 0.366 e. The Labute approximate surface area is 81.2 Å². The van der Waals surface area contributed by atoms with Crippen LogP contribution in [0.1, 0.15) is 0 Å². The van der Waals surface area contributed by atoms with Crippen LogP contribution in [0.25, 0.3) is 0 Å². The molecule has 4 heteroatoms. The van der Waals surface area contributed by atoms with Gasteiger partial charge in [-0.25, -0.2) is 0 Å². The predicted octanol–water partition coefficient (Wildman–Crippen LogP) is 1.75. The second-order valence-electron chi connectivity index (χ2n) is 2.39. The zero-order valence-electron chi connectivity index (χ0n) is 6.83. The van der Waals surface area contributed by atoms with Crippen molar-refractivity contribution < 1.29 is 4.79 Å². The number of nitrogens with two attached hydrogens (primary N) is 1. The number of hydrogen-bond donors (Lipinski definition) is 2. The molecule has 0 bridgehead atoms. The Morgan fingerprint density at radius 1 is 1.38 bits per heavy atom. The second-order valence-corrected chi connectivity index (χ2v) is 2.82. The first-order valence-electron chi connectivity index (χ1n) is 3.66. The molecule has 0 heterocycles. The van der Waals surface area contributed by atoms with Gasteiger partial charge in [0.1, 0.15) is 0 Å². The molecule has 1 aromatic rings. The molecule has 0 aromatic heterocycles. The summed E-state index contributed by atoms with van der Waals surface area (Å²) in [4.78, 5) is 10.3. The second kappa shape index (κ2) is 4.52. The van der Waals surface area contributed by atoms with Gasteiger partial charge in [-0.3, -0.25) is 4.79 Å². The van der Waals surface area contributed by atoms with Crippen molar-refractivity contribution in [2.24, 2.45) is 5.73 Å². The monoisotopic (exact) mass is 196 g/mol. The molecule has 0 aliphatic carbocycles. The normalized spacial score (nSPS) is 10.2. The summed E-state index contributed by atoms with van der Waals surface area (Å²) in [6, 6.07) is 7.10. The molecule has 1 aromatic carbocycles. The number of anilines is 1. The van der Waals surface area contributed by atoms with E-state index in [0.29, 0.717) is 5.02 Å². The molecule has 0 aliphatic rings. The Morgan fingerprint density at radius 3 is 2.54 bits per heavy atom. The minimum atomic E-state index is -0.485. The Bertz CT molecular complexity index is 319. The van der Waals surface area contributed by atoms with Crippen molar-refractivity contribution in [2.45, 2.75) is 0 Å². The third-order valence-electron chi connectivity index (χ3n) is 1.34. The van der Waals surface area contributed by atoms with E-state index in [1.807, 2.05) is 0 Å². The summed E-state index contributed by atoms with van der Waals surface area (Å²) in [6.45, 7) is 0. The van der Waals surface area contributed by atoms with Gasteiger partial charge in [0.05, 0.1) is 0 Å². The molecule has 0 spiro atoms. The van der Waals surface area contributed by atoms with Crippen molar-refractivity contribution in [1.29, 1.82) is 0 Å². The summed E-state index contributed by atoms with van der Waals surface area (Å²) in [5.41, 5.74) is 5.74. The van der Waals surface area contributed by atoms with E-state index in [2.05, 4.69) is 5.32 Å². The number of hydrogen-bond acceptors (Lipinski definition) is 2. The van der Waals surface area contributed by atoms with Gasteiger partial charge in [0.2, 0.25) is 5.91 Å². The Balaban J connectivity index is 2.55. The van der Waals surface area contributed by atoms with Gasteiger partial charge in [0.15, 0.2) is 0 Å². The summed E-state index contributed by atoms with van der Waals surface area (Å²) in [7, 11) is 0. The van der Waals surface area contributed by atoms with Gasteiger partial charge in [0.25, 0.3) is 0 Å². The fraction of sp³-hybridized carbons (Fsp3) is 0. The maximum Gasteiger partial charge on any atom is 0.242 e. The minimum absolute atomic E-state index is 0.485. The van der Waals surface area contributed by atoms with E-state index >= 15 is 0 Å². The number of primary amides is 1. The fourth-order valence-corrected chi connectivity index (χ4v) is 0.892. The zero-order chi connectivity index (χ0) is 9.68. The van der Waals surface area contributed by atoms with Crippen molar-refractivity contribution in [3.63, 3.8) is 0 Å². The molecule has 0 aliphatic heterocycles. The Kier molecular flexibility index (Phi) is 3.34. The summed E-state index contributed by atoms with van der Waals surface area (Å²) in [6.07, 6.45) is 2.72. The zero-order valence-corrected chi connectivity index (χ0v) is 7.58. The van der Waals surface area contributed by atoms with Crippen LogP contribution in [-0.4, -0.2) is 5.91 Å². The lowest BCUT2D eigenvalue weighted by Gasteiger charge is -1.98. The van der Waals surface area contributed by atoms with Gasteiger partial charge >= 0.3 is 0 Å². The molecule has 13 heavy (non-hydrogen) atoms. The molecular formula is C9H9ClN2O. The highest BCUT2D eigenvalue weighted by molar-refractivity contribution is 6.30. The van der Waals surface area contributed by atoms with Gasteiger partial charge in [-0.1, -0.05) is 11.6 Å². The maximum atomic E-state index is 10.3. The van der Waals surface area contributed by atoms with Crippen molar-refractivity contribution in [2.75, 3.05) is 5.32 Å². The van der Waals surface area contributed by atoms with Gasteiger partial charge < -0.3 is 11.1 Å². The van der Waals surface area contributed by atoms with E-state index in [4.69, 9.17) is 17.3 Å². The lowest BCUT2D eigenvalue weighted by Crippen LogP contribution is -2.06. The maximum absolute atomic E-state index is 10.3. The van der Waals surface area contributed by atoms with Crippen LogP contribution in [0.5, 0.6) is 0 Å². The van der Waals surface area contributed by atoms with Crippen LogP contribution in [0.4, 0.5) is 5.69 Å². The van der Waals surface area contributed by atoms with Crippen molar-refractivity contribution in [3.8, 4) is 0 Å². The Hall–Kier alpha value is -1.48. The molecule has 3 nitrogen and oxygen atoms in total. The molecule has 1 amide bonds. The number of halogens is 1. The first-order valence-corrected chi connectivity index (χ1v) is 4.04. The quantitative estimate of drug-likeness (QED) is 0.724. The third kappa shape index (κ3) is 3.62. The summed E-state index contributed by atoms with van der Waals surface area (Å²) in [5.74, 6) is -0.485. The highest BCUT2D eigenvalue weighted by atomic mass is 35.5. The average Bonchev–Trinajstić information content (AvgIpc) is 2.08. The number of nitrogens with one attached hydrogen (secondary N) is 1. The van der Waals surface area contributed by atoms with E-state index < -0.39 is 5.91 Å². The SMILES string of the molecule is NC(=O)/C=C\Nc1ccc(Cl)cc1. The molecular weight excluding hydrogens is 188 g/mol. The average molecular weight is 197 g/mol.